The smallest absolute Gasteiger partial charge is 0.100 e. The molecule has 0 atom stereocenters. The maximum Gasteiger partial charge on any atom is 0.100 e. The zero-order chi connectivity index (χ0) is 6.24. The molecule has 0 N–H and O–H groups in total. The first-order chi connectivity index (χ1) is 3.91. The Morgan fingerprint density at radius 1 is 1.38 bits per heavy atom. The van der Waals surface area contributed by atoms with Gasteiger partial charge in [-0.1, -0.05) is 12.2 Å². The molecule has 0 radical (unpaired) electrons. The lowest BCUT2D eigenvalue weighted by molar-refractivity contribution is -0.282. The Balaban J connectivity index is 2.72. The van der Waals surface area contributed by atoms with Crippen LogP contribution in [0.5, 0.6) is 0 Å². The molecule has 0 bridgehead atoms. The third-order valence-corrected chi connectivity index (χ3v) is 0.601. The van der Waals surface area contributed by atoms with Gasteiger partial charge in [0.1, 0.15) is 6.61 Å². The van der Waals surface area contributed by atoms with Gasteiger partial charge in [0.15, 0.2) is 0 Å². The SMILES string of the molecule is CC=CCOOCC. The van der Waals surface area contributed by atoms with E-state index in [-0.39, 0.29) is 0 Å². The van der Waals surface area contributed by atoms with Gasteiger partial charge in [0.2, 0.25) is 0 Å². The highest BCUT2D eigenvalue weighted by atomic mass is 17.2. The highest BCUT2D eigenvalue weighted by molar-refractivity contribution is 4.74. The standard InChI is InChI=1S/C6H12O2/c1-3-5-6-8-7-4-2/h3,5H,4,6H2,1-2H3. The zero-order valence-corrected chi connectivity index (χ0v) is 5.39. The molecule has 0 saturated carbocycles. The van der Waals surface area contributed by atoms with E-state index in [1.54, 1.807) is 0 Å². The summed E-state index contributed by atoms with van der Waals surface area (Å²) in [6.45, 7) is 4.98. The molecular weight excluding hydrogens is 104 g/mol. The second kappa shape index (κ2) is 6.66. The molecule has 0 unspecified atom stereocenters. The summed E-state index contributed by atoms with van der Waals surface area (Å²) in [7, 11) is 0. The van der Waals surface area contributed by atoms with E-state index in [9.17, 15) is 0 Å². The minimum absolute atomic E-state index is 0.546. The van der Waals surface area contributed by atoms with Crippen molar-refractivity contribution >= 4 is 0 Å². The second-order valence-corrected chi connectivity index (χ2v) is 1.26. The Morgan fingerprint density at radius 2 is 2.12 bits per heavy atom. The van der Waals surface area contributed by atoms with Crippen molar-refractivity contribution in [3.05, 3.63) is 12.2 Å². The van der Waals surface area contributed by atoms with Crippen LogP contribution in [0.4, 0.5) is 0 Å². The van der Waals surface area contributed by atoms with Gasteiger partial charge in [-0.3, -0.25) is 0 Å². The van der Waals surface area contributed by atoms with Gasteiger partial charge in [-0.15, -0.1) is 0 Å². The Morgan fingerprint density at radius 3 is 2.62 bits per heavy atom. The Kier molecular flexibility index (Phi) is 6.38. The van der Waals surface area contributed by atoms with Gasteiger partial charge in [-0.05, 0) is 13.8 Å². The molecule has 0 aliphatic carbocycles. The van der Waals surface area contributed by atoms with Crippen molar-refractivity contribution in [1.82, 2.24) is 0 Å². The van der Waals surface area contributed by atoms with E-state index in [1.807, 2.05) is 26.0 Å². The molecular formula is C6H12O2. The summed E-state index contributed by atoms with van der Waals surface area (Å²) < 4.78 is 0. The van der Waals surface area contributed by atoms with Gasteiger partial charge in [0.25, 0.3) is 0 Å². The van der Waals surface area contributed by atoms with Crippen LogP contribution < -0.4 is 0 Å². The van der Waals surface area contributed by atoms with E-state index in [0.717, 1.165) is 0 Å². The molecule has 8 heavy (non-hydrogen) atoms. The van der Waals surface area contributed by atoms with Crippen LogP contribution in [0.3, 0.4) is 0 Å². The van der Waals surface area contributed by atoms with Gasteiger partial charge in [0.05, 0.1) is 6.61 Å². The van der Waals surface area contributed by atoms with Crippen molar-refractivity contribution in [1.29, 1.82) is 0 Å². The average Bonchev–Trinajstić information content (AvgIpc) is 1.81. The van der Waals surface area contributed by atoms with Crippen molar-refractivity contribution in [2.45, 2.75) is 13.8 Å². The van der Waals surface area contributed by atoms with E-state index in [1.165, 1.54) is 0 Å². The van der Waals surface area contributed by atoms with Gasteiger partial charge in [-0.2, -0.15) is 0 Å². The van der Waals surface area contributed by atoms with Crippen LogP contribution in [0.15, 0.2) is 12.2 Å². The minimum Gasteiger partial charge on any atom is -0.237 e. The summed E-state index contributed by atoms with van der Waals surface area (Å²) in [5.74, 6) is 0. The molecule has 0 saturated heterocycles. The summed E-state index contributed by atoms with van der Waals surface area (Å²) in [6.07, 6.45) is 3.80. The van der Waals surface area contributed by atoms with Crippen LogP contribution in [-0.2, 0) is 9.78 Å². The average molecular weight is 116 g/mol. The van der Waals surface area contributed by atoms with Crippen molar-refractivity contribution in [2.24, 2.45) is 0 Å². The maximum absolute atomic E-state index is 4.64. The van der Waals surface area contributed by atoms with Crippen LogP contribution in [0, 0.1) is 0 Å². The molecule has 2 heteroatoms. The maximum atomic E-state index is 4.64. The molecule has 0 aliphatic rings. The first-order valence-corrected chi connectivity index (χ1v) is 2.77. The van der Waals surface area contributed by atoms with Crippen LogP contribution in [0.25, 0.3) is 0 Å². The lowest BCUT2D eigenvalue weighted by atomic mass is 10.6. The first kappa shape index (κ1) is 7.66. The van der Waals surface area contributed by atoms with E-state index >= 15 is 0 Å². The number of allylic oxidation sites excluding steroid dienone is 1. The topological polar surface area (TPSA) is 18.5 Å². The van der Waals surface area contributed by atoms with Crippen molar-refractivity contribution in [2.75, 3.05) is 13.2 Å². The summed E-state index contributed by atoms with van der Waals surface area (Å²) in [5, 5.41) is 0. The van der Waals surface area contributed by atoms with E-state index < -0.39 is 0 Å². The van der Waals surface area contributed by atoms with Crippen LogP contribution >= 0.6 is 0 Å². The predicted molar refractivity (Wildman–Crippen MR) is 32.4 cm³/mol. The molecule has 0 aromatic carbocycles. The zero-order valence-electron chi connectivity index (χ0n) is 5.39. The predicted octanol–water partition coefficient (Wildman–Crippen LogP) is 1.53. The lowest BCUT2D eigenvalue weighted by Crippen LogP contribution is -1.91. The van der Waals surface area contributed by atoms with E-state index in [0.29, 0.717) is 13.2 Å². The van der Waals surface area contributed by atoms with Gasteiger partial charge >= 0.3 is 0 Å². The summed E-state index contributed by atoms with van der Waals surface area (Å²) in [4.78, 5) is 9.22. The fourth-order valence-corrected chi connectivity index (χ4v) is 0.267. The largest absolute Gasteiger partial charge is 0.237 e. The molecule has 0 heterocycles. The first-order valence-electron chi connectivity index (χ1n) is 2.77. The second-order valence-electron chi connectivity index (χ2n) is 1.26. The Hall–Kier alpha value is -0.340. The molecule has 2 nitrogen and oxygen atoms in total. The van der Waals surface area contributed by atoms with Crippen molar-refractivity contribution in [3.8, 4) is 0 Å². The third kappa shape index (κ3) is 5.66. The summed E-state index contributed by atoms with van der Waals surface area (Å²) >= 11 is 0. The highest BCUT2D eigenvalue weighted by Crippen LogP contribution is 1.77. The highest BCUT2D eigenvalue weighted by Gasteiger charge is 1.75. The summed E-state index contributed by atoms with van der Waals surface area (Å²) in [5.41, 5.74) is 0. The molecule has 0 spiro atoms. The van der Waals surface area contributed by atoms with Gasteiger partial charge in [0, 0.05) is 0 Å². The van der Waals surface area contributed by atoms with Crippen molar-refractivity contribution in [3.63, 3.8) is 0 Å². The van der Waals surface area contributed by atoms with Crippen LogP contribution in [0.1, 0.15) is 13.8 Å². The molecule has 48 valence electrons. The fourth-order valence-electron chi connectivity index (χ4n) is 0.267. The third-order valence-electron chi connectivity index (χ3n) is 0.601. The molecule has 0 fully saturated rings. The number of hydrogen-bond acceptors (Lipinski definition) is 2. The van der Waals surface area contributed by atoms with Crippen LogP contribution in [0.2, 0.25) is 0 Å². The summed E-state index contributed by atoms with van der Waals surface area (Å²) in [6, 6.07) is 0. The molecule has 0 aliphatic heterocycles. The minimum atomic E-state index is 0.546. The Bertz CT molecular complexity index is 59.5. The van der Waals surface area contributed by atoms with E-state index in [4.69, 9.17) is 0 Å². The Labute approximate surface area is 50.0 Å². The number of rotatable bonds is 4. The van der Waals surface area contributed by atoms with Crippen molar-refractivity contribution < 1.29 is 9.78 Å². The molecule has 0 rings (SSSR count). The van der Waals surface area contributed by atoms with Gasteiger partial charge in [-0.25, -0.2) is 9.78 Å². The molecule has 0 amide bonds. The monoisotopic (exact) mass is 116 g/mol. The molecule has 0 aromatic rings. The lowest BCUT2D eigenvalue weighted by Gasteiger charge is -1.94. The normalized spacial score (nSPS) is 10.8. The quantitative estimate of drug-likeness (QED) is 0.240. The van der Waals surface area contributed by atoms with Gasteiger partial charge < -0.3 is 0 Å². The fraction of sp³-hybridized carbons (Fsp3) is 0.667. The van der Waals surface area contributed by atoms with E-state index in [2.05, 4.69) is 9.78 Å². The van der Waals surface area contributed by atoms with Crippen LogP contribution in [-0.4, -0.2) is 13.2 Å². The number of hydrogen-bond donors (Lipinski definition) is 0. The molecule has 0 aromatic heterocycles.